The molecule has 0 spiro atoms. The average molecular weight is 495 g/mol. The number of aliphatic hydroxyl groups excluding tert-OH is 1. The zero-order valence-corrected chi connectivity index (χ0v) is 21.4. The molecule has 4 rings (SSSR count). The van der Waals surface area contributed by atoms with Crippen molar-refractivity contribution in [3.8, 4) is 5.75 Å². The lowest BCUT2D eigenvalue weighted by Gasteiger charge is -2.21. The lowest BCUT2D eigenvalue weighted by Crippen LogP contribution is -2.20. The minimum atomic E-state index is -0.959. The van der Waals surface area contributed by atoms with Crippen LogP contribution in [0, 0.1) is 5.92 Å². The Labute approximate surface area is 219 Å². The number of hydrogen-bond donors (Lipinski definition) is 1. The molecule has 1 aliphatic heterocycles. The van der Waals surface area contributed by atoms with Gasteiger partial charge in [-0.15, -0.1) is 0 Å². The van der Waals surface area contributed by atoms with Crippen molar-refractivity contribution in [3.05, 3.63) is 132 Å². The molecule has 3 atom stereocenters. The number of methoxy groups -OCH3 is 1. The summed E-state index contributed by atoms with van der Waals surface area (Å²) in [7, 11) is 1.33. The molecule has 0 fully saturated rings. The number of ether oxygens (including phenoxy) is 2. The summed E-state index contributed by atoms with van der Waals surface area (Å²) in [5.74, 6) is -0.343. The van der Waals surface area contributed by atoms with Gasteiger partial charge in [0.05, 0.1) is 19.1 Å². The van der Waals surface area contributed by atoms with Crippen molar-refractivity contribution >= 4 is 11.5 Å². The Kier molecular flexibility index (Phi) is 9.12. The molecule has 190 valence electrons. The third-order valence-electron chi connectivity index (χ3n) is 6.71. The SMILES string of the molecule is COC(=O)[C@@H](C)[C@@H](O)c1ccc2c(c1)OC(c1ccccc(C3=C/C=C\C=C/C=C\3)cccc1)CCC2. The van der Waals surface area contributed by atoms with E-state index < -0.39 is 18.0 Å². The van der Waals surface area contributed by atoms with Crippen LogP contribution in [-0.4, -0.2) is 18.2 Å². The van der Waals surface area contributed by atoms with Gasteiger partial charge in [0.25, 0.3) is 0 Å². The summed E-state index contributed by atoms with van der Waals surface area (Å²) in [5, 5.41) is 10.7. The zero-order valence-electron chi connectivity index (χ0n) is 21.4. The smallest absolute Gasteiger partial charge is 0.311 e. The predicted molar refractivity (Wildman–Crippen MR) is 148 cm³/mol. The molecule has 2 aliphatic rings. The highest BCUT2D eigenvalue weighted by Crippen LogP contribution is 2.36. The predicted octanol–water partition coefficient (Wildman–Crippen LogP) is 7.18. The highest BCUT2D eigenvalue weighted by atomic mass is 16.5. The minimum absolute atomic E-state index is 0.114. The number of allylic oxidation sites excluding steroid dienone is 8. The number of benzene rings is 1. The van der Waals surface area contributed by atoms with Crippen LogP contribution in [0.4, 0.5) is 0 Å². The van der Waals surface area contributed by atoms with Gasteiger partial charge in [0.15, 0.2) is 0 Å². The Morgan fingerprint density at radius 2 is 1.68 bits per heavy atom. The fourth-order valence-electron chi connectivity index (χ4n) is 4.53. The maximum Gasteiger partial charge on any atom is 0.311 e. The molecule has 37 heavy (non-hydrogen) atoms. The highest BCUT2D eigenvalue weighted by Gasteiger charge is 2.26. The van der Waals surface area contributed by atoms with Gasteiger partial charge >= 0.3 is 5.97 Å². The first kappa shape index (κ1) is 26.2. The molecular weight excluding hydrogens is 460 g/mol. The first-order chi connectivity index (χ1) is 18.1. The Bertz CT molecular complexity index is 1250. The van der Waals surface area contributed by atoms with Gasteiger partial charge in [-0.1, -0.05) is 103 Å². The number of aliphatic hydroxyl groups is 1. The molecule has 0 aromatic heterocycles. The van der Waals surface area contributed by atoms with E-state index in [1.165, 1.54) is 7.11 Å². The molecule has 0 radical (unpaired) electrons. The number of carbonyl (C=O) groups excluding carboxylic acids is 1. The van der Waals surface area contributed by atoms with E-state index in [1.807, 2.05) is 48.6 Å². The third-order valence-corrected chi connectivity index (χ3v) is 6.71. The molecule has 1 aliphatic carbocycles. The summed E-state index contributed by atoms with van der Waals surface area (Å²) < 4.78 is 11.3. The van der Waals surface area contributed by atoms with Crippen LogP contribution in [0.3, 0.4) is 0 Å². The van der Waals surface area contributed by atoms with Crippen molar-refractivity contribution < 1.29 is 19.4 Å². The quantitative estimate of drug-likeness (QED) is 0.448. The van der Waals surface area contributed by atoms with E-state index in [0.29, 0.717) is 5.56 Å². The lowest BCUT2D eigenvalue weighted by molar-refractivity contribution is -0.148. The second-order valence-corrected chi connectivity index (χ2v) is 9.27. The summed E-state index contributed by atoms with van der Waals surface area (Å²) in [4.78, 5) is 11.9. The van der Waals surface area contributed by atoms with Crippen molar-refractivity contribution in [2.45, 2.75) is 38.4 Å². The van der Waals surface area contributed by atoms with Crippen LogP contribution in [-0.2, 0) is 16.0 Å². The van der Waals surface area contributed by atoms with E-state index in [4.69, 9.17) is 9.47 Å². The van der Waals surface area contributed by atoms with E-state index in [-0.39, 0.29) is 6.10 Å². The first-order valence-electron chi connectivity index (χ1n) is 12.8. The van der Waals surface area contributed by atoms with Crippen LogP contribution in [0.2, 0.25) is 0 Å². The largest absolute Gasteiger partial charge is 0.485 e. The third kappa shape index (κ3) is 6.87. The van der Waals surface area contributed by atoms with Gasteiger partial charge < -0.3 is 14.6 Å². The average Bonchev–Trinajstić information content (AvgIpc) is 3.12. The Hall–Kier alpha value is -3.89. The fourth-order valence-corrected chi connectivity index (χ4v) is 4.53. The van der Waals surface area contributed by atoms with E-state index >= 15 is 0 Å². The second-order valence-electron chi connectivity index (χ2n) is 9.27. The minimum Gasteiger partial charge on any atom is -0.485 e. The summed E-state index contributed by atoms with van der Waals surface area (Å²) in [6, 6.07) is 22.4. The lowest BCUT2D eigenvalue weighted by atomic mass is 9.95. The fraction of sp³-hybridized carbons (Fsp3) is 0.242. The maximum absolute atomic E-state index is 11.9. The molecule has 0 saturated carbocycles. The van der Waals surface area contributed by atoms with Crippen LogP contribution in [0.15, 0.2) is 109 Å². The molecular formula is C33H34O4. The Balaban J connectivity index is 1.58. The van der Waals surface area contributed by atoms with Gasteiger partial charge in [0.1, 0.15) is 11.9 Å². The van der Waals surface area contributed by atoms with Crippen LogP contribution in [0.5, 0.6) is 5.75 Å². The molecule has 4 heteroatoms. The number of esters is 1. The van der Waals surface area contributed by atoms with Gasteiger partial charge in [-0.2, -0.15) is 0 Å². The van der Waals surface area contributed by atoms with Gasteiger partial charge in [-0.3, -0.25) is 4.79 Å². The Morgan fingerprint density at radius 1 is 0.973 bits per heavy atom. The molecule has 2 aromatic carbocycles. The van der Waals surface area contributed by atoms with Gasteiger partial charge in [-0.05, 0) is 60.1 Å². The van der Waals surface area contributed by atoms with Gasteiger partial charge in [0, 0.05) is 0 Å². The number of carbonyl (C=O) groups is 1. The topological polar surface area (TPSA) is 55.8 Å². The molecule has 1 N–H and O–H groups in total. The van der Waals surface area contributed by atoms with E-state index in [9.17, 15) is 9.90 Å². The van der Waals surface area contributed by atoms with Crippen LogP contribution in [0.1, 0.15) is 54.2 Å². The van der Waals surface area contributed by atoms with E-state index in [0.717, 1.165) is 47.3 Å². The summed E-state index contributed by atoms with van der Waals surface area (Å²) in [5.41, 5.74) is 5.11. The van der Waals surface area contributed by atoms with Crippen LogP contribution < -0.4 is 4.74 Å². The maximum atomic E-state index is 11.9. The number of hydrogen-bond acceptors (Lipinski definition) is 4. The second kappa shape index (κ2) is 12.9. The van der Waals surface area contributed by atoms with Crippen molar-refractivity contribution in [1.29, 1.82) is 0 Å². The number of fused-ring (bicyclic) bond motifs is 1. The zero-order chi connectivity index (χ0) is 26.0. The number of aryl methyl sites for hydroxylation is 1. The van der Waals surface area contributed by atoms with Crippen molar-refractivity contribution in [2.24, 2.45) is 5.92 Å². The highest BCUT2D eigenvalue weighted by molar-refractivity contribution is 5.75. The van der Waals surface area contributed by atoms with Crippen molar-refractivity contribution in [3.63, 3.8) is 0 Å². The van der Waals surface area contributed by atoms with Gasteiger partial charge in [0.2, 0.25) is 0 Å². The molecule has 1 heterocycles. The van der Waals surface area contributed by atoms with Crippen molar-refractivity contribution in [2.75, 3.05) is 7.11 Å². The molecule has 0 saturated heterocycles. The number of rotatable bonds is 5. The normalized spacial score (nSPS) is 22.0. The molecule has 0 bridgehead atoms. The van der Waals surface area contributed by atoms with Crippen LogP contribution >= 0.6 is 0 Å². The molecule has 1 unspecified atom stereocenters. The summed E-state index contributed by atoms with van der Waals surface area (Å²) in [6.45, 7) is 1.67. The molecule has 4 nitrogen and oxygen atoms in total. The van der Waals surface area contributed by atoms with E-state index in [1.54, 1.807) is 6.92 Å². The van der Waals surface area contributed by atoms with Crippen LogP contribution in [0.25, 0.3) is 5.57 Å². The Morgan fingerprint density at radius 3 is 2.43 bits per heavy atom. The summed E-state index contributed by atoms with van der Waals surface area (Å²) in [6.07, 6.45) is 16.1. The van der Waals surface area contributed by atoms with E-state index in [2.05, 4.69) is 60.7 Å². The monoisotopic (exact) mass is 494 g/mol. The summed E-state index contributed by atoms with van der Waals surface area (Å²) >= 11 is 0. The van der Waals surface area contributed by atoms with Crippen molar-refractivity contribution in [1.82, 2.24) is 0 Å². The molecule has 0 amide bonds. The first-order valence-corrected chi connectivity index (χ1v) is 12.8. The molecule has 2 aromatic rings. The standard InChI is InChI=1S/C33H34O4/c1-24(33(35)36-2)32(34)29-22-21-28-19-12-20-30(37-31(28)23-29)27-17-10-8-15-26(16-9-11-18-27)25-13-6-4-3-5-7-14-25/h3-11,13-18,21-24,30,32,34H,12,19-20H2,1-2H3/b4-3-,5-3?,6-4?,7-5-,10-8?,11-9?,13-6-,14-7?,15-8?,16-9?,17-10?,18-11?,25-13?,25-14+,26-15?,26-16?,27-17?,27-18?/t24-,30?,32+/m0/s1. The van der Waals surface area contributed by atoms with Gasteiger partial charge in [-0.25, -0.2) is 0 Å².